The SMILES string of the molecule is Fc1cccc2c1nc(CCl)n2CCc1ccccn1. The zero-order valence-electron chi connectivity index (χ0n) is 10.8. The Kier molecular flexibility index (Phi) is 3.65. The maximum absolute atomic E-state index is 13.7. The molecule has 0 saturated heterocycles. The molecule has 20 heavy (non-hydrogen) atoms. The van der Waals surface area contributed by atoms with E-state index in [4.69, 9.17) is 11.6 Å². The summed E-state index contributed by atoms with van der Waals surface area (Å²) in [6.45, 7) is 0.680. The molecule has 0 bridgehead atoms. The summed E-state index contributed by atoms with van der Waals surface area (Å²) in [7, 11) is 0. The second-order valence-corrected chi connectivity index (χ2v) is 4.76. The van der Waals surface area contributed by atoms with Crippen LogP contribution in [0.4, 0.5) is 4.39 Å². The number of halogens is 2. The van der Waals surface area contributed by atoms with Crippen LogP contribution in [0.15, 0.2) is 42.6 Å². The van der Waals surface area contributed by atoms with Gasteiger partial charge in [0.15, 0.2) is 5.82 Å². The van der Waals surface area contributed by atoms with Crippen molar-refractivity contribution in [2.45, 2.75) is 18.8 Å². The molecule has 1 aromatic carbocycles. The van der Waals surface area contributed by atoms with Crippen LogP contribution in [0.5, 0.6) is 0 Å². The summed E-state index contributed by atoms with van der Waals surface area (Å²) in [4.78, 5) is 8.57. The highest BCUT2D eigenvalue weighted by Crippen LogP contribution is 2.20. The quantitative estimate of drug-likeness (QED) is 0.688. The number of alkyl halides is 1. The molecule has 5 heteroatoms. The summed E-state index contributed by atoms with van der Waals surface area (Å²) in [5.74, 6) is 0.629. The van der Waals surface area contributed by atoms with Gasteiger partial charge in [-0.25, -0.2) is 9.37 Å². The molecule has 2 heterocycles. The van der Waals surface area contributed by atoms with E-state index in [2.05, 4.69) is 9.97 Å². The van der Waals surface area contributed by atoms with Gasteiger partial charge < -0.3 is 4.57 Å². The van der Waals surface area contributed by atoms with Crippen molar-refractivity contribution < 1.29 is 4.39 Å². The first kappa shape index (κ1) is 13.1. The molecule has 0 aliphatic carbocycles. The van der Waals surface area contributed by atoms with Crippen LogP contribution in [0.25, 0.3) is 11.0 Å². The number of hydrogen-bond donors (Lipinski definition) is 0. The van der Waals surface area contributed by atoms with Crippen molar-refractivity contribution in [1.82, 2.24) is 14.5 Å². The number of nitrogens with zero attached hydrogens (tertiary/aromatic N) is 3. The highest BCUT2D eigenvalue weighted by molar-refractivity contribution is 6.16. The van der Waals surface area contributed by atoms with Crippen LogP contribution in [0.1, 0.15) is 11.5 Å². The predicted molar refractivity (Wildman–Crippen MR) is 77.2 cm³/mol. The number of para-hydroxylation sites is 1. The Morgan fingerprint density at radius 1 is 1.15 bits per heavy atom. The highest BCUT2D eigenvalue weighted by Gasteiger charge is 2.12. The van der Waals surface area contributed by atoms with Crippen molar-refractivity contribution in [1.29, 1.82) is 0 Å². The smallest absolute Gasteiger partial charge is 0.151 e. The Hall–Kier alpha value is -1.94. The molecule has 2 aromatic heterocycles. The highest BCUT2D eigenvalue weighted by atomic mass is 35.5. The lowest BCUT2D eigenvalue weighted by Crippen LogP contribution is -2.05. The first-order chi connectivity index (χ1) is 9.79. The van der Waals surface area contributed by atoms with Gasteiger partial charge in [0.2, 0.25) is 0 Å². The molecule has 0 spiro atoms. The largest absolute Gasteiger partial charge is 0.326 e. The second-order valence-electron chi connectivity index (χ2n) is 4.49. The predicted octanol–water partition coefficient (Wildman–Crippen LogP) is 3.55. The van der Waals surface area contributed by atoms with E-state index in [1.165, 1.54) is 6.07 Å². The molecule has 0 radical (unpaired) electrons. The number of benzene rings is 1. The molecular formula is C15H13ClFN3. The molecule has 3 rings (SSSR count). The average Bonchev–Trinajstić information content (AvgIpc) is 2.85. The molecule has 0 atom stereocenters. The lowest BCUT2D eigenvalue weighted by atomic mass is 10.2. The van der Waals surface area contributed by atoms with Gasteiger partial charge in [0, 0.05) is 24.9 Å². The van der Waals surface area contributed by atoms with Gasteiger partial charge in [-0.3, -0.25) is 4.98 Å². The molecular weight excluding hydrogens is 277 g/mol. The maximum atomic E-state index is 13.7. The number of hydrogen-bond acceptors (Lipinski definition) is 2. The van der Waals surface area contributed by atoms with Gasteiger partial charge in [-0.2, -0.15) is 0 Å². The molecule has 3 nitrogen and oxygen atoms in total. The van der Waals surface area contributed by atoms with Gasteiger partial charge in [0.25, 0.3) is 0 Å². The summed E-state index contributed by atoms with van der Waals surface area (Å²) < 4.78 is 15.7. The normalized spacial score (nSPS) is 11.1. The van der Waals surface area contributed by atoms with E-state index in [1.54, 1.807) is 12.3 Å². The Morgan fingerprint density at radius 2 is 2.05 bits per heavy atom. The van der Waals surface area contributed by atoms with E-state index >= 15 is 0 Å². The molecule has 0 saturated carbocycles. The van der Waals surface area contributed by atoms with Gasteiger partial charge >= 0.3 is 0 Å². The molecule has 0 aliphatic heterocycles. The summed E-state index contributed by atoms with van der Waals surface area (Å²) in [6, 6.07) is 10.8. The number of aromatic nitrogens is 3. The van der Waals surface area contributed by atoms with E-state index in [0.29, 0.717) is 17.9 Å². The van der Waals surface area contributed by atoms with Crippen LogP contribution in [-0.4, -0.2) is 14.5 Å². The van der Waals surface area contributed by atoms with Gasteiger partial charge in [-0.15, -0.1) is 11.6 Å². The van der Waals surface area contributed by atoms with E-state index in [0.717, 1.165) is 17.6 Å². The summed E-state index contributed by atoms with van der Waals surface area (Å²) in [5, 5.41) is 0. The third-order valence-electron chi connectivity index (χ3n) is 3.25. The van der Waals surface area contributed by atoms with Gasteiger partial charge in [-0.1, -0.05) is 12.1 Å². The van der Waals surface area contributed by atoms with Gasteiger partial charge in [0.05, 0.1) is 11.4 Å². The van der Waals surface area contributed by atoms with Crippen LogP contribution in [0.2, 0.25) is 0 Å². The van der Waals surface area contributed by atoms with Crippen LogP contribution in [0, 0.1) is 5.82 Å². The number of pyridine rings is 1. The average molecular weight is 290 g/mol. The van der Waals surface area contributed by atoms with E-state index in [-0.39, 0.29) is 11.7 Å². The van der Waals surface area contributed by atoms with E-state index < -0.39 is 0 Å². The zero-order valence-corrected chi connectivity index (χ0v) is 11.5. The standard InChI is InChI=1S/C15H13ClFN3/c16-10-14-19-15-12(17)5-3-6-13(15)20(14)9-7-11-4-1-2-8-18-11/h1-6,8H,7,9-10H2. The Balaban J connectivity index is 1.96. The Labute approximate surface area is 121 Å². The summed E-state index contributed by atoms with van der Waals surface area (Å²) in [5.41, 5.74) is 2.15. The molecule has 0 amide bonds. The van der Waals surface area contributed by atoms with Crippen molar-refractivity contribution in [3.8, 4) is 0 Å². The van der Waals surface area contributed by atoms with Crippen molar-refractivity contribution in [3.63, 3.8) is 0 Å². The molecule has 0 aliphatic rings. The second kappa shape index (κ2) is 5.59. The maximum Gasteiger partial charge on any atom is 0.151 e. The topological polar surface area (TPSA) is 30.7 Å². The van der Waals surface area contributed by atoms with Gasteiger partial charge in [-0.05, 0) is 24.3 Å². The molecule has 3 aromatic rings. The van der Waals surface area contributed by atoms with Crippen molar-refractivity contribution in [2.75, 3.05) is 0 Å². The van der Waals surface area contributed by atoms with Crippen molar-refractivity contribution >= 4 is 22.6 Å². The first-order valence-corrected chi connectivity index (χ1v) is 6.92. The first-order valence-electron chi connectivity index (χ1n) is 6.39. The number of aryl methyl sites for hydroxylation is 2. The zero-order chi connectivity index (χ0) is 13.9. The number of fused-ring (bicyclic) bond motifs is 1. The van der Waals surface area contributed by atoms with Crippen molar-refractivity contribution in [2.24, 2.45) is 0 Å². The molecule has 0 N–H and O–H groups in total. The third-order valence-corrected chi connectivity index (χ3v) is 3.48. The van der Waals surface area contributed by atoms with Crippen LogP contribution >= 0.6 is 11.6 Å². The fourth-order valence-electron chi connectivity index (χ4n) is 2.28. The minimum Gasteiger partial charge on any atom is -0.326 e. The third kappa shape index (κ3) is 2.39. The monoisotopic (exact) mass is 289 g/mol. The summed E-state index contributed by atoms with van der Waals surface area (Å²) >= 11 is 5.92. The fourth-order valence-corrected chi connectivity index (χ4v) is 2.49. The minimum atomic E-state index is -0.314. The summed E-state index contributed by atoms with van der Waals surface area (Å²) in [6.07, 6.45) is 2.52. The van der Waals surface area contributed by atoms with E-state index in [1.807, 2.05) is 28.8 Å². The van der Waals surface area contributed by atoms with Crippen LogP contribution < -0.4 is 0 Å². The van der Waals surface area contributed by atoms with Crippen LogP contribution in [0.3, 0.4) is 0 Å². The lowest BCUT2D eigenvalue weighted by Gasteiger charge is -2.07. The number of imidazole rings is 1. The minimum absolute atomic E-state index is 0.260. The van der Waals surface area contributed by atoms with E-state index in [9.17, 15) is 4.39 Å². The van der Waals surface area contributed by atoms with Gasteiger partial charge in [0.1, 0.15) is 11.3 Å². The Bertz CT molecular complexity index is 725. The lowest BCUT2D eigenvalue weighted by molar-refractivity contribution is 0.637. The van der Waals surface area contributed by atoms with Crippen molar-refractivity contribution in [3.05, 3.63) is 59.9 Å². The molecule has 0 unspecified atom stereocenters. The molecule has 102 valence electrons. The fraction of sp³-hybridized carbons (Fsp3) is 0.200. The van der Waals surface area contributed by atoms with Crippen LogP contribution in [-0.2, 0) is 18.8 Å². The Morgan fingerprint density at radius 3 is 2.80 bits per heavy atom. The molecule has 0 fully saturated rings. The number of rotatable bonds is 4.